The SMILES string of the molecule is CCCC1OC(c2ccccc2)OCC1O. The number of aliphatic hydroxyl groups excluding tert-OH is 1. The molecule has 1 aliphatic rings. The summed E-state index contributed by atoms with van der Waals surface area (Å²) in [4.78, 5) is 0. The molecule has 0 aromatic heterocycles. The summed E-state index contributed by atoms with van der Waals surface area (Å²) in [5.41, 5.74) is 1.01. The highest BCUT2D eigenvalue weighted by Gasteiger charge is 2.30. The van der Waals surface area contributed by atoms with Crippen molar-refractivity contribution in [3.8, 4) is 0 Å². The zero-order chi connectivity index (χ0) is 11.4. The van der Waals surface area contributed by atoms with Crippen LogP contribution in [0.15, 0.2) is 30.3 Å². The van der Waals surface area contributed by atoms with Crippen molar-refractivity contribution in [3.05, 3.63) is 35.9 Å². The van der Waals surface area contributed by atoms with Crippen LogP contribution in [0.1, 0.15) is 31.6 Å². The van der Waals surface area contributed by atoms with Gasteiger partial charge in [0.2, 0.25) is 0 Å². The van der Waals surface area contributed by atoms with E-state index in [4.69, 9.17) is 9.47 Å². The summed E-state index contributed by atoms with van der Waals surface area (Å²) in [5.74, 6) is 0. The Labute approximate surface area is 96.0 Å². The number of aliphatic hydroxyl groups is 1. The van der Waals surface area contributed by atoms with Gasteiger partial charge in [0.25, 0.3) is 0 Å². The van der Waals surface area contributed by atoms with Crippen molar-refractivity contribution in [1.82, 2.24) is 0 Å². The molecule has 1 saturated heterocycles. The Morgan fingerprint density at radius 1 is 1.31 bits per heavy atom. The average molecular weight is 222 g/mol. The molecule has 3 unspecified atom stereocenters. The molecule has 0 aliphatic carbocycles. The molecule has 1 fully saturated rings. The van der Waals surface area contributed by atoms with Gasteiger partial charge >= 0.3 is 0 Å². The van der Waals surface area contributed by atoms with Crippen molar-refractivity contribution in [2.75, 3.05) is 6.61 Å². The summed E-state index contributed by atoms with van der Waals surface area (Å²) in [6.45, 7) is 2.44. The van der Waals surface area contributed by atoms with Crippen LogP contribution in [0.5, 0.6) is 0 Å². The second-order valence-electron chi connectivity index (χ2n) is 4.11. The van der Waals surface area contributed by atoms with Gasteiger partial charge in [0.1, 0.15) is 6.10 Å². The molecule has 1 aromatic rings. The first-order valence-electron chi connectivity index (χ1n) is 5.81. The van der Waals surface area contributed by atoms with Crippen LogP contribution in [-0.2, 0) is 9.47 Å². The predicted octanol–water partition coefficient (Wildman–Crippen LogP) is 2.26. The van der Waals surface area contributed by atoms with E-state index in [1.807, 2.05) is 30.3 Å². The third-order valence-electron chi connectivity index (χ3n) is 2.79. The second kappa shape index (κ2) is 5.43. The van der Waals surface area contributed by atoms with Gasteiger partial charge in [-0.05, 0) is 6.42 Å². The van der Waals surface area contributed by atoms with Crippen LogP contribution < -0.4 is 0 Å². The monoisotopic (exact) mass is 222 g/mol. The number of rotatable bonds is 3. The molecule has 88 valence electrons. The van der Waals surface area contributed by atoms with Gasteiger partial charge in [-0.25, -0.2) is 0 Å². The molecule has 3 nitrogen and oxygen atoms in total. The summed E-state index contributed by atoms with van der Waals surface area (Å²) < 4.78 is 11.2. The van der Waals surface area contributed by atoms with E-state index in [1.165, 1.54) is 0 Å². The van der Waals surface area contributed by atoms with Crippen LogP contribution in [0.4, 0.5) is 0 Å². The Balaban J connectivity index is 2.03. The Kier molecular flexibility index (Phi) is 3.93. The molecule has 3 heteroatoms. The Morgan fingerprint density at radius 3 is 2.75 bits per heavy atom. The first kappa shape index (κ1) is 11.6. The van der Waals surface area contributed by atoms with E-state index in [1.54, 1.807) is 0 Å². The molecule has 0 radical (unpaired) electrons. The van der Waals surface area contributed by atoms with Crippen LogP contribution in [0, 0.1) is 0 Å². The second-order valence-corrected chi connectivity index (χ2v) is 4.11. The lowest BCUT2D eigenvalue weighted by molar-refractivity contribution is -0.257. The van der Waals surface area contributed by atoms with Crippen LogP contribution in [0.3, 0.4) is 0 Å². The van der Waals surface area contributed by atoms with E-state index >= 15 is 0 Å². The quantitative estimate of drug-likeness (QED) is 0.852. The number of benzene rings is 1. The lowest BCUT2D eigenvalue weighted by atomic mass is 10.1. The number of hydrogen-bond acceptors (Lipinski definition) is 3. The number of hydrogen-bond donors (Lipinski definition) is 1. The average Bonchev–Trinajstić information content (AvgIpc) is 2.33. The molecule has 1 N–H and O–H groups in total. The molecular formula is C13H18O3. The minimum atomic E-state index is -0.500. The highest BCUT2D eigenvalue weighted by molar-refractivity contribution is 5.16. The third kappa shape index (κ3) is 2.61. The fraction of sp³-hybridized carbons (Fsp3) is 0.538. The largest absolute Gasteiger partial charge is 0.388 e. The van der Waals surface area contributed by atoms with E-state index in [0.717, 1.165) is 18.4 Å². The van der Waals surface area contributed by atoms with Gasteiger partial charge < -0.3 is 14.6 Å². The zero-order valence-electron chi connectivity index (χ0n) is 9.50. The predicted molar refractivity (Wildman–Crippen MR) is 60.9 cm³/mol. The van der Waals surface area contributed by atoms with Crippen LogP contribution in [-0.4, -0.2) is 23.9 Å². The first-order valence-corrected chi connectivity index (χ1v) is 5.81. The van der Waals surface area contributed by atoms with Crippen molar-refractivity contribution >= 4 is 0 Å². The van der Waals surface area contributed by atoms with E-state index in [2.05, 4.69) is 6.92 Å². The minimum Gasteiger partial charge on any atom is -0.388 e. The smallest absolute Gasteiger partial charge is 0.184 e. The van der Waals surface area contributed by atoms with Gasteiger partial charge in [0.15, 0.2) is 6.29 Å². The normalized spacial score (nSPS) is 30.2. The molecule has 2 rings (SSSR count). The van der Waals surface area contributed by atoms with Gasteiger partial charge in [-0.3, -0.25) is 0 Å². The van der Waals surface area contributed by atoms with Gasteiger partial charge in [-0.2, -0.15) is 0 Å². The number of ether oxygens (including phenoxy) is 2. The van der Waals surface area contributed by atoms with Gasteiger partial charge in [-0.1, -0.05) is 43.7 Å². The lowest BCUT2D eigenvalue weighted by Gasteiger charge is -2.34. The van der Waals surface area contributed by atoms with E-state index in [0.29, 0.717) is 6.61 Å². The zero-order valence-corrected chi connectivity index (χ0v) is 9.50. The molecule has 0 spiro atoms. The highest BCUT2D eigenvalue weighted by Crippen LogP contribution is 2.27. The van der Waals surface area contributed by atoms with Crippen LogP contribution in [0.2, 0.25) is 0 Å². The fourth-order valence-corrected chi connectivity index (χ4v) is 1.91. The Hall–Kier alpha value is -0.900. The van der Waals surface area contributed by atoms with E-state index in [9.17, 15) is 5.11 Å². The van der Waals surface area contributed by atoms with Gasteiger partial charge in [0.05, 0.1) is 12.7 Å². The molecule has 1 aromatic carbocycles. The van der Waals surface area contributed by atoms with E-state index < -0.39 is 6.10 Å². The van der Waals surface area contributed by atoms with Crippen molar-refractivity contribution in [2.45, 2.75) is 38.3 Å². The summed E-state index contributed by atoms with van der Waals surface area (Å²) in [6, 6.07) is 9.84. The molecule has 0 amide bonds. The molecule has 1 heterocycles. The van der Waals surface area contributed by atoms with Crippen molar-refractivity contribution in [3.63, 3.8) is 0 Å². The molecule has 3 atom stereocenters. The fourth-order valence-electron chi connectivity index (χ4n) is 1.91. The lowest BCUT2D eigenvalue weighted by Crippen LogP contribution is -2.40. The van der Waals surface area contributed by atoms with Crippen molar-refractivity contribution < 1.29 is 14.6 Å². The van der Waals surface area contributed by atoms with Gasteiger partial charge in [-0.15, -0.1) is 0 Å². The van der Waals surface area contributed by atoms with Crippen LogP contribution >= 0.6 is 0 Å². The van der Waals surface area contributed by atoms with Crippen molar-refractivity contribution in [1.29, 1.82) is 0 Å². The summed E-state index contributed by atoms with van der Waals surface area (Å²) in [5, 5.41) is 9.71. The summed E-state index contributed by atoms with van der Waals surface area (Å²) in [7, 11) is 0. The van der Waals surface area contributed by atoms with Crippen molar-refractivity contribution in [2.24, 2.45) is 0 Å². The molecule has 0 saturated carbocycles. The third-order valence-corrected chi connectivity index (χ3v) is 2.79. The van der Waals surface area contributed by atoms with Gasteiger partial charge in [0, 0.05) is 5.56 Å². The minimum absolute atomic E-state index is 0.107. The standard InChI is InChI=1S/C13H18O3/c1-2-6-12-11(14)9-15-13(16-12)10-7-4-3-5-8-10/h3-5,7-8,11-14H,2,6,9H2,1H3. The topological polar surface area (TPSA) is 38.7 Å². The molecule has 1 aliphatic heterocycles. The maximum Gasteiger partial charge on any atom is 0.184 e. The first-order chi connectivity index (χ1) is 7.81. The maximum atomic E-state index is 9.71. The Morgan fingerprint density at radius 2 is 2.06 bits per heavy atom. The summed E-state index contributed by atoms with van der Waals surface area (Å²) >= 11 is 0. The maximum absolute atomic E-state index is 9.71. The highest BCUT2D eigenvalue weighted by atomic mass is 16.7. The molecule has 16 heavy (non-hydrogen) atoms. The summed E-state index contributed by atoms with van der Waals surface area (Å²) in [6.07, 6.45) is 0.932. The Bertz CT molecular complexity index is 312. The van der Waals surface area contributed by atoms with Crippen LogP contribution in [0.25, 0.3) is 0 Å². The molecular weight excluding hydrogens is 204 g/mol. The van der Waals surface area contributed by atoms with E-state index in [-0.39, 0.29) is 12.4 Å². The molecule has 0 bridgehead atoms.